The number of rotatable bonds is 8. The molecule has 0 radical (unpaired) electrons. The number of carboxylic acid groups (broad SMARTS) is 1. The molecule has 2 N–H and O–H groups in total. The first-order valence-electron chi connectivity index (χ1n) is 6.68. The minimum absolute atomic E-state index is 0.0120. The summed E-state index contributed by atoms with van der Waals surface area (Å²) < 4.78 is 0. The van der Waals surface area contributed by atoms with Crippen molar-refractivity contribution in [3.63, 3.8) is 0 Å². The molecule has 0 saturated heterocycles. The number of nitrogens with one attached hydrogen (secondary N) is 1. The van der Waals surface area contributed by atoms with Gasteiger partial charge in [0.05, 0.1) is 6.42 Å². The van der Waals surface area contributed by atoms with Crippen LogP contribution < -0.4 is 5.32 Å². The molecule has 1 rings (SSSR count). The fraction of sp³-hybridized carbons (Fsp3) is 0.467. The largest absolute Gasteiger partial charge is 0.481 e. The van der Waals surface area contributed by atoms with Gasteiger partial charge in [0.15, 0.2) is 0 Å². The molecule has 4 nitrogen and oxygen atoms in total. The number of amides is 1. The third kappa shape index (κ3) is 6.04. The number of benzene rings is 1. The Balaban J connectivity index is 2.48. The van der Waals surface area contributed by atoms with Crippen LogP contribution in [-0.4, -0.2) is 17.0 Å². The van der Waals surface area contributed by atoms with E-state index in [1.165, 1.54) is 0 Å². The molecular weight excluding hydrogens is 242 g/mol. The Labute approximate surface area is 113 Å². The number of carbonyl (C=O) groups excluding carboxylic acids is 1. The zero-order valence-electron chi connectivity index (χ0n) is 11.3. The summed E-state index contributed by atoms with van der Waals surface area (Å²) in [5.41, 5.74) is 1.62. The molecule has 0 aromatic heterocycles. The highest BCUT2D eigenvalue weighted by Crippen LogP contribution is 2.09. The lowest BCUT2D eigenvalue weighted by atomic mass is 10.0. The molecule has 0 heterocycles. The van der Waals surface area contributed by atoms with E-state index in [9.17, 15) is 9.59 Å². The number of carboxylic acids is 1. The van der Waals surface area contributed by atoms with Crippen LogP contribution in [0.2, 0.25) is 0 Å². The molecule has 19 heavy (non-hydrogen) atoms. The van der Waals surface area contributed by atoms with E-state index >= 15 is 0 Å². The maximum atomic E-state index is 11.6. The molecule has 0 aliphatic heterocycles. The van der Waals surface area contributed by atoms with Crippen molar-refractivity contribution in [2.75, 3.05) is 0 Å². The van der Waals surface area contributed by atoms with E-state index in [-0.39, 0.29) is 12.3 Å². The van der Waals surface area contributed by atoms with Crippen LogP contribution in [0.25, 0.3) is 0 Å². The average molecular weight is 263 g/mol. The smallest absolute Gasteiger partial charge is 0.307 e. The molecular formula is C15H21NO3. The molecule has 0 bridgehead atoms. The molecule has 0 aliphatic rings. The highest BCUT2D eigenvalue weighted by atomic mass is 16.4. The molecule has 0 fully saturated rings. The quantitative estimate of drug-likeness (QED) is 0.708. The van der Waals surface area contributed by atoms with Crippen molar-refractivity contribution in [3.05, 3.63) is 35.4 Å². The van der Waals surface area contributed by atoms with Crippen LogP contribution in [0.1, 0.15) is 43.7 Å². The van der Waals surface area contributed by atoms with E-state index in [4.69, 9.17) is 5.11 Å². The Morgan fingerprint density at radius 1 is 1.16 bits per heavy atom. The van der Waals surface area contributed by atoms with Crippen molar-refractivity contribution < 1.29 is 14.7 Å². The van der Waals surface area contributed by atoms with Crippen molar-refractivity contribution in [2.24, 2.45) is 0 Å². The van der Waals surface area contributed by atoms with Gasteiger partial charge in [0.25, 0.3) is 0 Å². The Bertz CT molecular complexity index is 429. The maximum absolute atomic E-state index is 11.6. The van der Waals surface area contributed by atoms with Gasteiger partial charge in [0, 0.05) is 13.0 Å². The van der Waals surface area contributed by atoms with E-state index in [0.29, 0.717) is 13.0 Å². The lowest BCUT2D eigenvalue weighted by molar-refractivity contribution is -0.136. The molecule has 4 heteroatoms. The van der Waals surface area contributed by atoms with Gasteiger partial charge < -0.3 is 10.4 Å². The number of unbranched alkanes of at least 4 members (excludes halogenated alkanes) is 2. The van der Waals surface area contributed by atoms with Crippen LogP contribution in [0.4, 0.5) is 0 Å². The predicted molar refractivity (Wildman–Crippen MR) is 73.8 cm³/mol. The molecule has 1 amide bonds. The van der Waals surface area contributed by atoms with Gasteiger partial charge in [-0.2, -0.15) is 0 Å². The third-order valence-electron chi connectivity index (χ3n) is 2.94. The van der Waals surface area contributed by atoms with E-state index < -0.39 is 5.97 Å². The Hall–Kier alpha value is -1.84. The Morgan fingerprint density at radius 3 is 2.47 bits per heavy atom. The zero-order chi connectivity index (χ0) is 14.1. The van der Waals surface area contributed by atoms with Gasteiger partial charge in [0.2, 0.25) is 5.91 Å². The summed E-state index contributed by atoms with van der Waals surface area (Å²) in [5, 5.41) is 11.7. The van der Waals surface area contributed by atoms with Gasteiger partial charge in [-0.1, -0.05) is 44.0 Å². The number of hydrogen-bond donors (Lipinski definition) is 2. The SMILES string of the molecule is CCCCCC(=O)NCc1ccccc1CC(=O)O. The summed E-state index contributed by atoms with van der Waals surface area (Å²) in [6.45, 7) is 2.49. The molecule has 0 unspecified atom stereocenters. The van der Waals surface area contributed by atoms with Crippen molar-refractivity contribution in [1.29, 1.82) is 0 Å². The fourth-order valence-electron chi connectivity index (χ4n) is 1.88. The van der Waals surface area contributed by atoms with Crippen LogP contribution in [0.15, 0.2) is 24.3 Å². The second-order valence-corrected chi connectivity index (χ2v) is 4.57. The Kier molecular flexibility index (Phi) is 6.64. The molecule has 1 aromatic carbocycles. The molecule has 1 aromatic rings. The highest BCUT2D eigenvalue weighted by Gasteiger charge is 2.07. The van der Waals surface area contributed by atoms with Crippen molar-refractivity contribution >= 4 is 11.9 Å². The molecule has 0 aliphatic carbocycles. The van der Waals surface area contributed by atoms with E-state index in [1.54, 1.807) is 6.07 Å². The molecule has 0 atom stereocenters. The van der Waals surface area contributed by atoms with Crippen LogP contribution in [-0.2, 0) is 22.6 Å². The predicted octanol–water partition coefficient (Wildman–Crippen LogP) is 2.51. The van der Waals surface area contributed by atoms with Crippen molar-refractivity contribution in [3.8, 4) is 0 Å². The Morgan fingerprint density at radius 2 is 1.84 bits per heavy atom. The summed E-state index contributed by atoms with van der Waals surface area (Å²) in [6, 6.07) is 7.30. The fourth-order valence-corrected chi connectivity index (χ4v) is 1.88. The first-order valence-corrected chi connectivity index (χ1v) is 6.68. The lowest BCUT2D eigenvalue weighted by Crippen LogP contribution is -2.23. The second-order valence-electron chi connectivity index (χ2n) is 4.57. The third-order valence-corrected chi connectivity index (χ3v) is 2.94. The van der Waals surface area contributed by atoms with Crippen LogP contribution in [0.5, 0.6) is 0 Å². The highest BCUT2D eigenvalue weighted by molar-refractivity contribution is 5.76. The zero-order valence-corrected chi connectivity index (χ0v) is 11.3. The standard InChI is InChI=1S/C15H21NO3/c1-2-3-4-9-14(17)16-11-13-8-6-5-7-12(13)10-15(18)19/h5-8H,2-4,9-11H2,1H3,(H,16,17)(H,18,19). The number of aliphatic carboxylic acids is 1. The van der Waals surface area contributed by atoms with E-state index in [1.807, 2.05) is 18.2 Å². The van der Waals surface area contributed by atoms with Gasteiger partial charge >= 0.3 is 5.97 Å². The second kappa shape index (κ2) is 8.29. The van der Waals surface area contributed by atoms with Gasteiger partial charge in [-0.05, 0) is 17.5 Å². The van der Waals surface area contributed by atoms with E-state index in [2.05, 4.69) is 12.2 Å². The van der Waals surface area contributed by atoms with E-state index in [0.717, 1.165) is 30.4 Å². The average Bonchev–Trinajstić information content (AvgIpc) is 2.37. The summed E-state index contributed by atoms with van der Waals surface area (Å²) in [5.74, 6) is -0.833. The molecule has 0 saturated carbocycles. The van der Waals surface area contributed by atoms with Gasteiger partial charge in [0.1, 0.15) is 0 Å². The molecule has 0 spiro atoms. The van der Waals surface area contributed by atoms with Gasteiger partial charge in [-0.3, -0.25) is 9.59 Å². The summed E-state index contributed by atoms with van der Waals surface area (Å²) >= 11 is 0. The minimum Gasteiger partial charge on any atom is -0.481 e. The number of hydrogen-bond acceptors (Lipinski definition) is 2. The first-order chi connectivity index (χ1) is 9.13. The normalized spacial score (nSPS) is 10.2. The van der Waals surface area contributed by atoms with Gasteiger partial charge in [-0.25, -0.2) is 0 Å². The molecule has 104 valence electrons. The van der Waals surface area contributed by atoms with Crippen molar-refractivity contribution in [2.45, 2.75) is 45.6 Å². The first kappa shape index (κ1) is 15.2. The monoisotopic (exact) mass is 263 g/mol. The lowest BCUT2D eigenvalue weighted by Gasteiger charge is -2.09. The van der Waals surface area contributed by atoms with Crippen LogP contribution >= 0.6 is 0 Å². The topological polar surface area (TPSA) is 66.4 Å². The van der Waals surface area contributed by atoms with Crippen LogP contribution in [0.3, 0.4) is 0 Å². The summed E-state index contributed by atoms with van der Waals surface area (Å²) in [7, 11) is 0. The van der Waals surface area contributed by atoms with Crippen molar-refractivity contribution in [1.82, 2.24) is 5.32 Å². The number of carbonyl (C=O) groups is 2. The van der Waals surface area contributed by atoms with Crippen LogP contribution in [0, 0.1) is 0 Å². The summed E-state index contributed by atoms with van der Waals surface area (Å²) in [6.07, 6.45) is 3.58. The van der Waals surface area contributed by atoms with Gasteiger partial charge in [-0.15, -0.1) is 0 Å². The maximum Gasteiger partial charge on any atom is 0.307 e. The minimum atomic E-state index is -0.860. The summed E-state index contributed by atoms with van der Waals surface area (Å²) in [4.78, 5) is 22.3.